The number of H-pyrrole nitrogens is 1. The lowest BCUT2D eigenvalue weighted by atomic mass is 10.3. The van der Waals surface area contributed by atoms with Gasteiger partial charge in [-0.3, -0.25) is 0 Å². The molecular weight excluding hydrogens is 280 g/mol. The summed E-state index contributed by atoms with van der Waals surface area (Å²) in [5, 5.41) is 12.7. The second kappa shape index (κ2) is 4.97. The van der Waals surface area contributed by atoms with Crippen LogP contribution in [0.1, 0.15) is 18.8 Å². The van der Waals surface area contributed by atoms with E-state index in [0.717, 1.165) is 0 Å². The molecule has 10 heteroatoms. The predicted octanol–water partition coefficient (Wildman–Crippen LogP) is 0.517. The largest absolute Gasteiger partial charge is 0.241 e. The summed E-state index contributed by atoms with van der Waals surface area (Å²) in [6, 6.07) is 1.22. The Balaban J connectivity index is 2.27. The first-order valence-electron chi connectivity index (χ1n) is 5.10. The summed E-state index contributed by atoms with van der Waals surface area (Å²) in [6.07, 6.45) is 0. The Kier molecular flexibility index (Phi) is 3.53. The molecule has 2 N–H and O–H groups in total. The van der Waals surface area contributed by atoms with Gasteiger partial charge >= 0.3 is 0 Å². The number of tetrazole rings is 1. The minimum absolute atomic E-state index is 0.112. The predicted molar refractivity (Wildman–Crippen MR) is 59.3 cm³/mol. The van der Waals surface area contributed by atoms with Crippen molar-refractivity contribution in [2.24, 2.45) is 0 Å². The van der Waals surface area contributed by atoms with Crippen LogP contribution in [0.3, 0.4) is 0 Å². The van der Waals surface area contributed by atoms with E-state index >= 15 is 0 Å². The normalized spacial score (nSPS) is 13.4. The molecule has 0 amide bonds. The summed E-state index contributed by atoms with van der Waals surface area (Å²) in [5.74, 6) is -1.85. The SMILES string of the molecule is CC(NS(=O)(=O)c1cc(F)cc(F)c1)c1nn[nH]n1. The number of benzene rings is 1. The zero-order valence-electron chi connectivity index (χ0n) is 9.63. The third-order valence-corrected chi connectivity index (χ3v) is 3.75. The molecule has 102 valence electrons. The zero-order valence-corrected chi connectivity index (χ0v) is 10.4. The summed E-state index contributed by atoms with van der Waals surface area (Å²) in [7, 11) is -4.08. The number of halogens is 2. The fourth-order valence-electron chi connectivity index (χ4n) is 1.39. The van der Waals surface area contributed by atoms with Gasteiger partial charge in [0, 0.05) is 6.07 Å². The Hall–Kier alpha value is -1.94. The lowest BCUT2D eigenvalue weighted by molar-refractivity contribution is 0.549. The van der Waals surface area contributed by atoms with Gasteiger partial charge in [0.25, 0.3) is 0 Å². The Morgan fingerprint density at radius 2 is 1.89 bits per heavy atom. The number of aromatic nitrogens is 4. The molecule has 0 fully saturated rings. The Morgan fingerprint density at radius 3 is 2.42 bits per heavy atom. The van der Waals surface area contributed by atoms with Gasteiger partial charge in [-0.1, -0.05) is 5.21 Å². The first-order valence-corrected chi connectivity index (χ1v) is 6.58. The van der Waals surface area contributed by atoms with Crippen LogP contribution in [0.2, 0.25) is 0 Å². The monoisotopic (exact) mass is 289 g/mol. The lowest BCUT2D eigenvalue weighted by Crippen LogP contribution is -2.27. The van der Waals surface area contributed by atoms with Crippen molar-refractivity contribution in [3.8, 4) is 0 Å². The second-order valence-electron chi connectivity index (χ2n) is 3.72. The van der Waals surface area contributed by atoms with E-state index < -0.39 is 32.6 Å². The second-order valence-corrected chi connectivity index (χ2v) is 5.43. The number of nitrogens with zero attached hydrogens (tertiary/aromatic N) is 3. The van der Waals surface area contributed by atoms with Crippen molar-refractivity contribution in [3.05, 3.63) is 35.7 Å². The standard InChI is InChI=1S/C9H9F2N5O2S/c1-5(9-12-15-16-13-9)14-19(17,18)8-3-6(10)2-7(11)4-8/h2-5,14H,1H3,(H,12,13,15,16). The smallest absolute Gasteiger partial charge is 0.207 e. The van der Waals surface area contributed by atoms with Crippen molar-refractivity contribution in [1.82, 2.24) is 25.3 Å². The van der Waals surface area contributed by atoms with E-state index in [-0.39, 0.29) is 5.82 Å². The Bertz CT molecular complexity index is 654. The van der Waals surface area contributed by atoms with Crippen molar-refractivity contribution in [3.63, 3.8) is 0 Å². The van der Waals surface area contributed by atoms with Gasteiger partial charge in [0.1, 0.15) is 11.6 Å². The van der Waals surface area contributed by atoms with Crippen molar-refractivity contribution < 1.29 is 17.2 Å². The van der Waals surface area contributed by atoms with Gasteiger partial charge in [0.15, 0.2) is 5.82 Å². The van der Waals surface area contributed by atoms with Crippen molar-refractivity contribution in [1.29, 1.82) is 0 Å². The number of hydrogen-bond donors (Lipinski definition) is 2. The minimum atomic E-state index is -4.08. The molecule has 2 rings (SSSR count). The van der Waals surface area contributed by atoms with Gasteiger partial charge in [-0.05, 0) is 19.1 Å². The Morgan fingerprint density at radius 1 is 1.26 bits per heavy atom. The number of sulfonamides is 1. The van der Waals surface area contributed by atoms with Crippen LogP contribution in [0, 0.1) is 11.6 Å². The molecule has 2 aromatic rings. The molecule has 0 spiro atoms. The third kappa shape index (κ3) is 3.09. The highest BCUT2D eigenvalue weighted by molar-refractivity contribution is 7.89. The molecule has 0 bridgehead atoms. The van der Waals surface area contributed by atoms with E-state index in [1.807, 2.05) is 0 Å². The Labute approximate surface area is 107 Å². The van der Waals surface area contributed by atoms with Crippen LogP contribution in [-0.2, 0) is 10.0 Å². The van der Waals surface area contributed by atoms with Gasteiger partial charge in [0.05, 0.1) is 10.9 Å². The van der Waals surface area contributed by atoms with E-state index in [1.54, 1.807) is 0 Å². The van der Waals surface area contributed by atoms with E-state index in [1.165, 1.54) is 6.92 Å². The molecule has 0 saturated carbocycles. The van der Waals surface area contributed by atoms with E-state index in [2.05, 4.69) is 25.3 Å². The minimum Gasteiger partial charge on any atom is -0.207 e. The first kappa shape index (κ1) is 13.5. The molecule has 0 radical (unpaired) electrons. The molecule has 0 saturated heterocycles. The van der Waals surface area contributed by atoms with Crippen molar-refractivity contribution in [2.45, 2.75) is 17.9 Å². The van der Waals surface area contributed by atoms with Gasteiger partial charge in [0.2, 0.25) is 10.0 Å². The zero-order chi connectivity index (χ0) is 14.0. The van der Waals surface area contributed by atoms with Crippen LogP contribution in [0.25, 0.3) is 0 Å². The molecular formula is C9H9F2N5O2S. The summed E-state index contributed by atoms with van der Waals surface area (Å²) in [5.41, 5.74) is 0. The maximum atomic E-state index is 13.0. The van der Waals surface area contributed by atoms with Crippen molar-refractivity contribution >= 4 is 10.0 Å². The average Bonchev–Trinajstić information content (AvgIpc) is 2.80. The van der Waals surface area contributed by atoms with E-state index in [9.17, 15) is 17.2 Å². The molecule has 7 nitrogen and oxygen atoms in total. The topological polar surface area (TPSA) is 101 Å². The maximum Gasteiger partial charge on any atom is 0.241 e. The highest BCUT2D eigenvalue weighted by Crippen LogP contribution is 2.16. The number of hydrogen-bond acceptors (Lipinski definition) is 5. The van der Waals surface area contributed by atoms with Crippen LogP contribution < -0.4 is 4.72 Å². The molecule has 1 aromatic carbocycles. The summed E-state index contributed by atoms with van der Waals surface area (Å²) in [4.78, 5) is -0.514. The number of rotatable bonds is 4. The van der Waals surface area contributed by atoms with Crippen LogP contribution in [0.5, 0.6) is 0 Å². The van der Waals surface area contributed by atoms with Crippen LogP contribution in [0.15, 0.2) is 23.1 Å². The molecule has 19 heavy (non-hydrogen) atoms. The highest BCUT2D eigenvalue weighted by Gasteiger charge is 2.22. The molecule has 1 atom stereocenters. The van der Waals surface area contributed by atoms with Crippen LogP contribution in [0.4, 0.5) is 8.78 Å². The molecule has 1 unspecified atom stereocenters. The lowest BCUT2D eigenvalue weighted by Gasteiger charge is -2.10. The van der Waals surface area contributed by atoms with Gasteiger partial charge in [-0.2, -0.15) is 5.21 Å². The molecule has 0 aliphatic rings. The van der Waals surface area contributed by atoms with Gasteiger partial charge < -0.3 is 0 Å². The van der Waals surface area contributed by atoms with Gasteiger partial charge in [-0.15, -0.1) is 10.2 Å². The fourth-order valence-corrected chi connectivity index (χ4v) is 2.63. The molecule has 1 heterocycles. The van der Waals surface area contributed by atoms with Crippen molar-refractivity contribution in [2.75, 3.05) is 0 Å². The molecule has 0 aliphatic heterocycles. The summed E-state index contributed by atoms with van der Waals surface area (Å²) >= 11 is 0. The summed E-state index contributed by atoms with van der Waals surface area (Å²) in [6.45, 7) is 1.47. The number of nitrogens with one attached hydrogen (secondary N) is 2. The highest BCUT2D eigenvalue weighted by atomic mass is 32.2. The summed E-state index contributed by atoms with van der Waals surface area (Å²) < 4.78 is 52.0. The number of aromatic amines is 1. The molecule has 0 aliphatic carbocycles. The fraction of sp³-hybridized carbons (Fsp3) is 0.222. The van der Waals surface area contributed by atoms with E-state index in [4.69, 9.17) is 0 Å². The average molecular weight is 289 g/mol. The maximum absolute atomic E-state index is 13.0. The first-order chi connectivity index (χ1) is 8.88. The van der Waals surface area contributed by atoms with Crippen LogP contribution >= 0.6 is 0 Å². The van der Waals surface area contributed by atoms with Gasteiger partial charge in [-0.25, -0.2) is 21.9 Å². The molecule has 1 aromatic heterocycles. The van der Waals surface area contributed by atoms with Crippen LogP contribution in [-0.4, -0.2) is 29.0 Å². The quantitative estimate of drug-likeness (QED) is 0.854. The van der Waals surface area contributed by atoms with E-state index in [0.29, 0.717) is 18.2 Å². The third-order valence-electron chi connectivity index (χ3n) is 2.23.